The van der Waals surface area contributed by atoms with E-state index >= 15 is 0 Å². The molecule has 2 N–H and O–H groups in total. The molecule has 1 aliphatic heterocycles. The number of hydrogen-bond acceptors (Lipinski definition) is 6. The van der Waals surface area contributed by atoms with Crippen molar-refractivity contribution < 1.29 is 4.79 Å². The van der Waals surface area contributed by atoms with Gasteiger partial charge in [0.2, 0.25) is 0 Å². The summed E-state index contributed by atoms with van der Waals surface area (Å²) >= 11 is 0. The molecular weight excluding hydrogens is 476 g/mol. The second kappa shape index (κ2) is 10.3. The Morgan fingerprint density at radius 1 is 1.11 bits per heavy atom. The maximum Gasteiger partial charge on any atom is 0.274 e. The molecule has 1 aromatic carbocycles. The summed E-state index contributed by atoms with van der Waals surface area (Å²) in [7, 11) is 0. The number of nitrogens with zero attached hydrogens (tertiary/aromatic N) is 6. The molecule has 5 heterocycles. The van der Waals surface area contributed by atoms with Crippen LogP contribution in [-0.4, -0.2) is 56.2 Å². The van der Waals surface area contributed by atoms with Crippen molar-refractivity contribution in [3.63, 3.8) is 0 Å². The number of fused-ring (bicyclic) bond motifs is 2. The lowest BCUT2D eigenvalue weighted by Gasteiger charge is -2.22. The van der Waals surface area contributed by atoms with E-state index in [1.54, 1.807) is 6.20 Å². The molecule has 194 valence electrons. The Balaban J connectivity index is 1.29. The molecule has 9 heteroatoms. The van der Waals surface area contributed by atoms with E-state index in [0.29, 0.717) is 12.2 Å². The van der Waals surface area contributed by atoms with Gasteiger partial charge in [0.15, 0.2) is 0 Å². The van der Waals surface area contributed by atoms with Crippen LogP contribution in [0.3, 0.4) is 0 Å². The minimum Gasteiger partial charge on any atom is -0.370 e. The minimum atomic E-state index is -0.202. The number of aryl methyl sites for hydroxylation is 2. The zero-order valence-electron chi connectivity index (χ0n) is 21.8. The highest BCUT2D eigenvalue weighted by Gasteiger charge is 2.19. The van der Waals surface area contributed by atoms with Crippen molar-refractivity contribution in [2.24, 2.45) is 0 Å². The molecule has 1 saturated heterocycles. The van der Waals surface area contributed by atoms with Gasteiger partial charge >= 0.3 is 0 Å². The molecule has 0 radical (unpaired) electrons. The van der Waals surface area contributed by atoms with E-state index in [9.17, 15) is 4.79 Å². The van der Waals surface area contributed by atoms with Crippen molar-refractivity contribution >= 4 is 33.8 Å². The van der Waals surface area contributed by atoms with Gasteiger partial charge in [-0.25, -0.2) is 4.98 Å². The molecular formula is C29H32N8O. The van der Waals surface area contributed by atoms with Gasteiger partial charge in [-0.3, -0.25) is 18.9 Å². The van der Waals surface area contributed by atoms with Gasteiger partial charge in [-0.15, -0.1) is 0 Å². The Kier molecular flexibility index (Phi) is 6.51. The normalized spacial score (nSPS) is 14.2. The molecule has 1 aliphatic rings. The summed E-state index contributed by atoms with van der Waals surface area (Å²) in [5.74, 6) is -0.202. The number of benzene rings is 1. The first kappa shape index (κ1) is 24.1. The van der Waals surface area contributed by atoms with Crippen molar-refractivity contribution in [2.45, 2.75) is 33.2 Å². The third-order valence-corrected chi connectivity index (χ3v) is 7.13. The number of rotatable bonds is 6. The lowest BCUT2D eigenvalue weighted by Crippen LogP contribution is -2.27. The zero-order chi connectivity index (χ0) is 26.1. The summed E-state index contributed by atoms with van der Waals surface area (Å²) in [5, 5.41) is 12.4. The summed E-state index contributed by atoms with van der Waals surface area (Å²) in [5.41, 5.74) is 6.98. The van der Waals surface area contributed by atoms with Crippen molar-refractivity contribution in [2.75, 3.05) is 36.4 Å². The third-order valence-electron chi connectivity index (χ3n) is 7.13. The van der Waals surface area contributed by atoms with Gasteiger partial charge in [0.25, 0.3) is 5.91 Å². The number of hydrogen-bond donors (Lipinski definition) is 2. The monoisotopic (exact) mass is 508 g/mol. The average Bonchev–Trinajstić information content (AvgIpc) is 3.39. The predicted molar refractivity (Wildman–Crippen MR) is 150 cm³/mol. The third kappa shape index (κ3) is 4.61. The molecule has 1 amide bonds. The number of imidazole rings is 1. The van der Waals surface area contributed by atoms with Crippen LogP contribution in [0.15, 0.2) is 60.9 Å². The van der Waals surface area contributed by atoms with E-state index in [-0.39, 0.29) is 5.91 Å². The molecule has 6 rings (SSSR count). The van der Waals surface area contributed by atoms with Crippen LogP contribution in [0.5, 0.6) is 0 Å². The number of amides is 1. The van der Waals surface area contributed by atoms with Gasteiger partial charge < -0.3 is 15.5 Å². The van der Waals surface area contributed by atoms with E-state index in [1.165, 1.54) is 0 Å². The van der Waals surface area contributed by atoms with E-state index < -0.39 is 0 Å². The smallest absolute Gasteiger partial charge is 0.274 e. The van der Waals surface area contributed by atoms with E-state index in [1.807, 2.05) is 58.6 Å². The van der Waals surface area contributed by atoms with Gasteiger partial charge in [0, 0.05) is 48.7 Å². The second-order valence-corrected chi connectivity index (χ2v) is 9.73. The number of carbonyl (C=O) groups excluding carboxylic acids is 1. The van der Waals surface area contributed by atoms with Crippen LogP contribution >= 0.6 is 0 Å². The SMILES string of the molecule is CCc1nn(Cc2cccc(C)n2)c2cccc(NC(=O)c3cnc4cc(N5CCCNCC5)ccn34)c12. The molecule has 0 unspecified atom stereocenters. The molecule has 0 aliphatic carbocycles. The maximum atomic E-state index is 13.5. The van der Waals surface area contributed by atoms with E-state index in [2.05, 4.69) is 44.6 Å². The number of aromatic nitrogens is 5. The Morgan fingerprint density at radius 2 is 2.00 bits per heavy atom. The molecule has 4 aromatic heterocycles. The first-order valence-corrected chi connectivity index (χ1v) is 13.3. The highest BCUT2D eigenvalue weighted by atomic mass is 16.2. The fourth-order valence-corrected chi connectivity index (χ4v) is 5.25. The highest BCUT2D eigenvalue weighted by molar-refractivity contribution is 6.08. The molecule has 9 nitrogen and oxygen atoms in total. The summed E-state index contributed by atoms with van der Waals surface area (Å²) in [6.07, 6.45) is 5.45. The lowest BCUT2D eigenvalue weighted by atomic mass is 10.1. The summed E-state index contributed by atoms with van der Waals surface area (Å²) in [4.78, 5) is 25.0. The second-order valence-electron chi connectivity index (χ2n) is 9.73. The van der Waals surface area contributed by atoms with Crippen molar-refractivity contribution in [3.05, 3.63) is 83.7 Å². The fourth-order valence-electron chi connectivity index (χ4n) is 5.25. The first-order valence-electron chi connectivity index (χ1n) is 13.3. The molecule has 0 spiro atoms. The van der Waals surface area contributed by atoms with Gasteiger partial charge in [0.1, 0.15) is 11.3 Å². The van der Waals surface area contributed by atoms with Crippen LogP contribution < -0.4 is 15.5 Å². The lowest BCUT2D eigenvalue weighted by molar-refractivity contribution is 0.102. The Hall–Kier alpha value is -4.24. The van der Waals surface area contributed by atoms with Crippen LogP contribution in [0, 0.1) is 6.92 Å². The van der Waals surface area contributed by atoms with Crippen molar-refractivity contribution in [3.8, 4) is 0 Å². The molecule has 0 bridgehead atoms. The number of carbonyl (C=O) groups is 1. The maximum absolute atomic E-state index is 13.5. The predicted octanol–water partition coefficient (Wildman–Crippen LogP) is 4.05. The van der Waals surface area contributed by atoms with Gasteiger partial charge in [-0.05, 0) is 56.6 Å². The summed E-state index contributed by atoms with van der Waals surface area (Å²) < 4.78 is 3.82. The van der Waals surface area contributed by atoms with Crippen molar-refractivity contribution in [1.82, 2.24) is 29.5 Å². The fraction of sp³-hybridized carbons (Fsp3) is 0.310. The Labute approximate surface area is 221 Å². The van der Waals surface area contributed by atoms with Gasteiger partial charge in [-0.2, -0.15) is 5.10 Å². The zero-order valence-corrected chi connectivity index (χ0v) is 21.8. The summed E-state index contributed by atoms with van der Waals surface area (Å²) in [6, 6.07) is 16.1. The molecule has 0 saturated carbocycles. The van der Waals surface area contributed by atoms with Crippen LogP contribution in [0.25, 0.3) is 16.6 Å². The average molecular weight is 509 g/mol. The highest BCUT2D eigenvalue weighted by Crippen LogP contribution is 2.29. The van der Waals surface area contributed by atoms with Gasteiger partial charge in [0.05, 0.1) is 35.3 Å². The number of pyridine rings is 2. The number of anilines is 2. The van der Waals surface area contributed by atoms with Crippen LogP contribution in [0.2, 0.25) is 0 Å². The minimum absolute atomic E-state index is 0.202. The van der Waals surface area contributed by atoms with E-state index in [4.69, 9.17) is 5.10 Å². The summed E-state index contributed by atoms with van der Waals surface area (Å²) in [6.45, 7) is 8.62. The Bertz CT molecular complexity index is 1610. The molecule has 5 aromatic rings. The van der Waals surface area contributed by atoms with E-state index in [0.717, 1.165) is 84.0 Å². The largest absolute Gasteiger partial charge is 0.370 e. The van der Waals surface area contributed by atoms with Crippen molar-refractivity contribution in [1.29, 1.82) is 0 Å². The topological polar surface area (TPSA) is 92.4 Å². The van der Waals surface area contributed by atoms with Gasteiger partial charge in [-0.1, -0.05) is 19.1 Å². The standard InChI is InChI=1S/C29H32N8O/c1-3-23-28-24(9-5-10-25(28)37(34-23)19-21-8-4-7-20(2)32-21)33-29(38)26-18-31-27-17-22(11-15-36(26)27)35-14-6-12-30-13-16-35/h4-5,7-11,15,17-18,30H,3,6,12-14,16,19H2,1-2H3,(H,33,38). The van der Waals surface area contributed by atoms with Crippen LogP contribution in [0.1, 0.15) is 40.9 Å². The quantitative estimate of drug-likeness (QED) is 0.360. The molecule has 0 atom stereocenters. The Morgan fingerprint density at radius 3 is 2.87 bits per heavy atom. The first-order chi connectivity index (χ1) is 18.6. The van der Waals surface area contributed by atoms with Crippen LogP contribution in [0.4, 0.5) is 11.4 Å². The number of nitrogens with one attached hydrogen (secondary N) is 2. The molecule has 38 heavy (non-hydrogen) atoms. The van der Waals surface area contributed by atoms with Crippen LogP contribution in [-0.2, 0) is 13.0 Å². The molecule has 1 fully saturated rings.